The summed E-state index contributed by atoms with van der Waals surface area (Å²) < 4.78 is 29.2. The van der Waals surface area contributed by atoms with Crippen LogP contribution in [0.25, 0.3) is 0 Å². The standard InChI is InChI=1S/C18H20Br2O2S3/c19-15-7-5-13(23-15)17(9-1-2-10-17)25(21,22)18(11-3-4-12-18)14-6-8-16(20)24-14/h5-8H,1-4,9-12H2. The molecule has 4 rings (SSSR count). The molecule has 0 saturated heterocycles. The average Bonchev–Trinajstić information content (AvgIpc) is 3.34. The van der Waals surface area contributed by atoms with Gasteiger partial charge in [0.1, 0.15) is 9.49 Å². The Hall–Kier alpha value is 0.310. The van der Waals surface area contributed by atoms with Gasteiger partial charge in [0.2, 0.25) is 0 Å². The Morgan fingerprint density at radius 2 is 1.08 bits per heavy atom. The smallest absolute Gasteiger partial charge is 0.171 e. The van der Waals surface area contributed by atoms with Gasteiger partial charge >= 0.3 is 0 Å². The highest BCUT2D eigenvalue weighted by atomic mass is 79.9. The first-order chi connectivity index (χ1) is 11.9. The number of hydrogen-bond acceptors (Lipinski definition) is 4. The second-order valence-corrected chi connectivity index (χ2v) is 14.6. The van der Waals surface area contributed by atoms with E-state index in [0.29, 0.717) is 0 Å². The largest absolute Gasteiger partial charge is 0.227 e. The highest BCUT2D eigenvalue weighted by molar-refractivity contribution is 9.11. The van der Waals surface area contributed by atoms with Crippen LogP contribution in [-0.4, -0.2) is 8.42 Å². The Labute approximate surface area is 174 Å². The van der Waals surface area contributed by atoms with Crippen molar-refractivity contribution in [1.29, 1.82) is 0 Å². The molecule has 2 nitrogen and oxygen atoms in total. The summed E-state index contributed by atoms with van der Waals surface area (Å²) in [5.74, 6) is 0. The SMILES string of the molecule is O=S(=O)(C1(c2ccc(Br)s2)CCCC1)C1(c2ccc(Br)s2)CCCC1. The fourth-order valence-corrected chi connectivity index (χ4v) is 11.7. The number of sulfone groups is 1. The summed E-state index contributed by atoms with van der Waals surface area (Å²) >= 11 is 10.3. The molecule has 2 aromatic heterocycles. The minimum absolute atomic E-state index is 0.704. The molecule has 0 unspecified atom stereocenters. The molecule has 25 heavy (non-hydrogen) atoms. The van der Waals surface area contributed by atoms with Crippen LogP contribution in [0.1, 0.15) is 61.1 Å². The molecule has 0 amide bonds. The van der Waals surface area contributed by atoms with Crippen LogP contribution in [0, 0.1) is 0 Å². The van der Waals surface area contributed by atoms with Crippen molar-refractivity contribution < 1.29 is 8.42 Å². The van der Waals surface area contributed by atoms with E-state index in [9.17, 15) is 8.42 Å². The molecule has 0 bridgehead atoms. The van der Waals surface area contributed by atoms with Crippen molar-refractivity contribution in [2.24, 2.45) is 0 Å². The molecule has 2 fully saturated rings. The highest BCUT2D eigenvalue weighted by Crippen LogP contribution is 2.59. The Morgan fingerprint density at radius 1 is 0.720 bits per heavy atom. The summed E-state index contributed by atoms with van der Waals surface area (Å²) in [6, 6.07) is 8.06. The van der Waals surface area contributed by atoms with Gasteiger partial charge in [0.05, 0.1) is 7.57 Å². The zero-order chi connectivity index (χ0) is 17.7. The lowest BCUT2D eigenvalue weighted by Crippen LogP contribution is -2.45. The Balaban J connectivity index is 1.91. The Morgan fingerprint density at radius 3 is 1.36 bits per heavy atom. The van der Waals surface area contributed by atoms with E-state index in [-0.39, 0.29) is 0 Å². The van der Waals surface area contributed by atoms with Crippen molar-refractivity contribution in [3.63, 3.8) is 0 Å². The minimum Gasteiger partial charge on any atom is -0.227 e. The first-order valence-corrected chi connectivity index (χ1v) is 13.4. The van der Waals surface area contributed by atoms with Crippen LogP contribution in [0.4, 0.5) is 0 Å². The van der Waals surface area contributed by atoms with Gasteiger partial charge in [0.25, 0.3) is 0 Å². The van der Waals surface area contributed by atoms with Crippen molar-refractivity contribution >= 4 is 64.4 Å². The van der Waals surface area contributed by atoms with E-state index >= 15 is 0 Å². The quantitative estimate of drug-likeness (QED) is 0.432. The van der Waals surface area contributed by atoms with Gasteiger partial charge in [0.15, 0.2) is 9.84 Å². The lowest BCUT2D eigenvalue weighted by Gasteiger charge is -2.38. The van der Waals surface area contributed by atoms with Crippen molar-refractivity contribution in [2.75, 3.05) is 0 Å². The van der Waals surface area contributed by atoms with Crippen LogP contribution in [0.15, 0.2) is 31.8 Å². The topological polar surface area (TPSA) is 34.1 Å². The molecule has 136 valence electrons. The normalized spacial score (nSPS) is 22.5. The van der Waals surface area contributed by atoms with Crippen molar-refractivity contribution in [3.8, 4) is 0 Å². The van der Waals surface area contributed by atoms with Crippen molar-refractivity contribution in [1.82, 2.24) is 0 Å². The number of hydrogen-bond donors (Lipinski definition) is 0. The molecule has 2 saturated carbocycles. The van der Waals surface area contributed by atoms with Crippen LogP contribution < -0.4 is 0 Å². The van der Waals surface area contributed by atoms with Gasteiger partial charge in [-0.15, -0.1) is 22.7 Å². The first-order valence-electron chi connectivity index (χ1n) is 8.67. The van der Waals surface area contributed by atoms with E-state index < -0.39 is 19.3 Å². The number of rotatable bonds is 4. The fraction of sp³-hybridized carbons (Fsp3) is 0.556. The molecule has 2 heterocycles. The van der Waals surface area contributed by atoms with E-state index in [2.05, 4.69) is 31.9 Å². The molecule has 7 heteroatoms. The van der Waals surface area contributed by atoms with E-state index in [4.69, 9.17) is 0 Å². The molecule has 0 N–H and O–H groups in total. The number of halogens is 2. The first kappa shape index (κ1) is 18.7. The molecule has 0 aliphatic heterocycles. The summed E-state index contributed by atoms with van der Waals surface area (Å²) in [6.07, 6.45) is 7.04. The third-order valence-electron chi connectivity index (χ3n) is 5.90. The minimum atomic E-state index is -3.36. The van der Waals surface area contributed by atoms with Gasteiger partial charge < -0.3 is 0 Å². The zero-order valence-corrected chi connectivity index (χ0v) is 19.4. The van der Waals surface area contributed by atoms with Crippen LogP contribution in [0.5, 0.6) is 0 Å². The third kappa shape index (κ3) is 2.75. The predicted molar refractivity (Wildman–Crippen MR) is 113 cm³/mol. The van der Waals surface area contributed by atoms with Gasteiger partial charge in [-0.3, -0.25) is 0 Å². The third-order valence-corrected chi connectivity index (χ3v) is 13.1. The van der Waals surface area contributed by atoms with Crippen LogP contribution in [0.2, 0.25) is 0 Å². The molecule has 0 atom stereocenters. The van der Waals surface area contributed by atoms with Crippen molar-refractivity contribution in [2.45, 2.75) is 60.9 Å². The molecule has 0 radical (unpaired) electrons. The van der Waals surface area contributed by atoms with Crippen molar-refractivity contribution in [3.05, 3.63) is 41.6 Å². The predicted octanol–water partition coefficient (Wildman–Crippen LogP) is 6.99. The van der Waals surface area contributed by atoms with E-state index in [1.54, 1.807) is 22.7 Å². The lowest BCUT2D eigenvalue weighted by atomic mass is 10.0. The summed E-state index contributed by atoms with van der Waals surface area (Å²) in [5, 5.41) is 0. The molecular weight excluding hydrogens is 504 g/mol. The van der Waals surface area contributed by atoms with Gasteiger partial charge in [-0.2, -0.15) is 0 Å². The maximum absolute atomic E-state index is 14.3. The maximum Gasteiger partial charge on any atom is 0.171 e. The molecule has 2 aliphatic carbocycles. The molecule has 2 aliphatic rings. The second-order valence-electron chi connectivity index (χ2n) is 7.11. The van der Waals surface area contributed by atoms with Gasteiger partial charge in [-0.25, -0.2) is 8.42 Å². The van der Waals surface area contributed by atoms with Gasteiger partial charge in [-0.1, -0.05) is 25.7 Å². The van der Waals surface area contributed by atoms with E-state index in [1.165, 1.54) is 0 Å². The zero-order valence-electron chi connectivity index (χ0n) is 13.8. The van der Waals surface area contributed by atoms with E-state index in [0.717, 1.165) is 68.7 Å². The van der Waals surface area contributed by atoms with Crippen LogP contribution in [-0.2, 0) is 19.3 Å². The second kappa shape index (κ2) is 6.73. The molecular formula is C18H20Br2O2S3. The van der Waals surface area contributed by atoms with E-state index in [1.807, 2.05) is 24.3 Å². The number of thiophene rings is 2. The monoisotopic (exact) mass is 522 g/mol. The summed E-state index contributed by atoms with van der Waals surface area (Å²) in [5.41, 5.74) is 0. The maximum atomic E-state index is 14.3. The average molecular weight is 524 g/mol. The lowest BCUT2D eigenvalue weighted by molar-refractivity contribution is 0.474. The molecule has 2 aromatic rings. The summed E-state index contributed by atoms with van der Waals surface area (Å²) in [4.78, 5) is 2.05. The Kier molecular flexibility index (Phi) is 5.02. The Bertz CT molecular complexity index is 804. The van der Waals surface area contributed by atoms with Gasteiger partial charge in [-0.05, 0) is 81.8 Å². The fourth-order valence-electron chi connectivity index (χ4n) is 4.68. The van der Waals surface area contributed by atoms with Gasteiger partial charge in [0, 0.05) is 9.75 Å². The molecule has 0 spiro atoms. The molecule has 0 aromatic carbocycles. The van der Waals surface area contributed by atoms with Crippen LogP contribution >= 0.6 is 54.5 Å². The highest BCUT2D eigenvalue weighted by Gasteiger charge is 2.60. The summed E-state index contributed by atoms with van der Waals surface area (Å²) in [6.45, 7) is 0. The van der Waals surface area contributed by atoms with Crippen LogP contribution in [0.3, 0.4) is 0 Å². The summed E-state index contributed by atoms with van der Waals surface area (Å²) in [7, 11) is -3.36.